The van der Waals surface area contributed by atoms with Crippen LogP contribution in [0.4, 0.5) is 5.69 Å². The first kappa shape index (κ1) is 22.0. The van der Waals surface area contributed by atoms with E-state index in [2.05, 4.69) is 20.8 Å². The molecule has 2 heterocycles. The number of hydrogen-bond donors (Lipinski definition) is 2. The quantitative estimate of drug-likeness (QED) is 0.442. The van der Waals surface area contributed by atoms with Crippen molar-refractivity contribution in [2.45, 2.75) is 32.7 Å². The van der Waals surface area contributed by atoms with Gasteiger partial charge < -0.3 is 19.6 Å². The number of amides is 2. The summed E-state index contributed by atoms with van der Waals surface area (Å²) in [4.78, 5) is 29.6. The number of hydrogen-bond acceptors (Lipinski definition) is 6. The monoisotopic (exact) mass is 444 g/mol. The maximum absolute atomic E-state index is 13.0. The Kier molecular flexibility index (Phi) is 6.08. The van der Waals surface area contributed by atoms with E-state index in [1.807, 2.05) is 32.9 Å². The van der Waals surface area contributed by atoms with Gasteiger partial charge in [-0.3, -0.25) is 9.59 Å². The standard InChI is InChI=1S/C25H24N4O4/c1-25(2,3)24-28-23(33-29-24)19-11-5-4-10-18(19)21(30)26-15-16-8-6-9-17(14-16)27-22(31)20-12-7-13-32-20/h4-14H,15H2,1-3H3,(H,26,30)(H,27,31). The van der Waals surface area contributed by atoms with E-state index < -0.39 is 0 Å². The van der Waals surface area contributed by atoms with Crippen LogP contribution in [0.3, 0.4) is 0 Å². The van der Waals surface area contributed by atoms with Crippen molar-refractivity contribution in [1.29, 1.82) is 0 Å². The Morgan fingerprint density at radius 2 is 1.79 bits per heavy atom. The minimum Gasteiger partial charge on any atom is -0.459 e. The third-order valence-electron chi connectivity index (χ3n) is 4.88. The molecular weight excluding hydrogens is 420 g/mol. The zero-order chi connectivity index (χ0) is 23.4. The lowest BCUT2D eigenvalue weighted by atomic mass is 9.96. The normalized spacial score (nSPS) is 11.2. The molecule has 0 unspecified atom stereocenters. The second kappa shape index (κ2) is 9.12. The minimum absolute atomic E-state index is 0.223. The molecule has 0 atom stereocenters. The lowest BCUT2D eigenvalue weighted by Crippen LogP contribution is -2.23. The van der Waals surface area contributed by atoms with E-state index in [0.717, 1.165) is 5.56 Å². The van der Waals surface area contributed by atoms with Gasteiger partial charge in [0.2, 0.25) is 0 Å². The molecular formula is C25H24N4O4. The van der Waals surface area contributed by atoms with Gasteiger partial charge in [0.05, 0.1) is 17.4 Å². The molecule has 2 aromatic carbocycles. The smallest absolute Gasteiger partial charge is 0.291 e. The number of benzene rings is 2. The van der Waals surface area contributed by atoms with Crippen LogP contribution in [-0.2, 0) is 12.0 Å². The molecule has 0 saturated carbocycles. The number of carbonyl (C=O) groups excluding carboxylic acids is 2. The number of furan rings is 1. The minimum atomic E-state index is -0.343. The van der Waals surface area contributed by atoms with E-state index in [-0.39, 0.29) is 29.5 Å². The molecule has 0 fully saturated rings. The van der Waals surface area contributed by atoms with Gasteiger partial charge in [-0.1, -0.05) is 50.2 Å². The van der Waals surface area contributed by atoms with E-state index >= 15 is 0 Å². The molecule has 0 aliphatic carbocycles. The van der Waals surface area contributed by atoms with E-state index in [9.17, 15) is 9.59 Å². The average molecular weight is 444 g/mol. The Morgan fingerprint density at radius 1 is 0.970 bits per heavy atom. The zero-order valence-electron chi connectivity index (χ0n) is 18.6. The highest BCUT2D eigenvalue weighted by Gasteiger charge is 2.23. The molecule has 8 heteroatoms. The van der Waals surface area contributed by atoms with Gasteiger partial charge in [0.15, 0.2) is 11.6 Å². The first-order valence-electron chi connectivity index (χ1n) is 10.5. The zero-order valence-corrected chi connectivity index (χ0v) is 18.6. The highest BCUT2D eigenvalue weighted by Crippen LogP contribution is 2.26. The summed E-state index contributed by atoms with van der Waals surface area (Å²) in [7, 11) is 0. The van der Waals surface area contributed by atoms with Crippen molar-refractivity contribution >= 4 is 17.5 Å². The summed E-state index contributed by atoms with van der Waals surface area (Å²) in [5, 5.41) is 9.74. The Bertz CT molecular complexity index is 1270. The van der Waals surface area contributed by atoms with Crippen molar-refractivity contribution in [2.24, 2.45) is 0 Å². The largest absolute Gasteiger partial charge is 0.459 e. The van der Waals surface area contributed by atoms with Crippen molar-refractivity contribution in [3.8, 4) is 11.5 Å². The molecule has 2 amide bonds. The Labute approximate surface area is 191 Å². The summed E-state index contributed by atoms with van der Waals surface area (Å²) < 4.78 is 10.5. The van der Waals surface area contributed by atoms with Crippen LogP contribution in [0.15, 0.2) is 75.9 Å². The molecule has 0 spiro atoms. The second-order valence-corrected chi connectivity index (χ2v) is 8.53. The molecule has 168 valence electrons. The molecule has 0 radical (unpaired) electrons. The van der Waals surface area contributed by atoms with Gasteiger partial charge in [-0.15, -0.1) is 0 Å². The summed E-state index contributed by atoms with van der Waals surface area (Å²) in [5.74, 6) is 0.478. The molecule has 8 nitrogen and oxygen atoms in total. The van der Waals surface area contributed by atoms with Crippen LogP contribution in [-0.4, -0.2) is 22.0 Å². The van der Waals surface area contributed by atoms with Crippen LogP contribution in [0.1, 0.15) is 53.1 Å². The number of nitrogens with zero attached hydrogens (tertiary/aromatic N) is 2. The van der Waals surface area contributed by atoms with Crippen LogP contribution in [0, 0.1) is 0 Å². The van der Waals surface area contributed by atoms with E-state index in [1.54, 1.807) is 48.5 Å². The van der Waals surface area contributed by atoms with Crippen molar-refractivity contribution in [1.82, 2.24) is 15.5 Å². The third kappa shape index (κ3) is 5.17. The number of aromatic nitrogens is 2. The first-order valence-corrected chi connectivity index (χ1v) is 10.5. The highest BCUT2D eigenvalue weighted by molar-refractivity contribution is 6.02. The molecule has 4 aromatic rings. The van der Waals surface area contributed by atoms with E-state index in [4.69, 9.17) is 8.94 Å². The highest BCUT2D eigenvalue weighted by atomic mass is 16.5. The predicted octanol–water partition coefficient (Wildman–Crippen LogP) is 4.81. The number of anilines is 1. The van der Waals surface area contributed by atoms with Crippen molar-refractivity contribution in [3.05, 3.63) is 89.6 Å². The fraction of sp³-hybridized carbons (Fsp3) is 0.200. The van der Waals surface area contributed by atoms with Crippen molar-refractivity contribution in [2.75, 3.05) is 5.32 Å². The second-order valence-electron chi connectivity index (χ2n) is 8.53. The van der Waals surface area contributed by atoms with Crippen LogP contribution in [0.2, 0.25) is 0 Å². The Balaban J connectivity index is 1.46. The molecule has 0 aliphatic heterocycles. The maximum atomic E-state index is 13.0. The molecule has 2 aromatic heterocycles. The average Bonchev–Trinajstić information content (AvgIpc) is 3.50. The molecule has 33 heavy (non-hydrogen) atoms. The Morgan fingerprint density at radius 3 is 2.52 bits per heavy atom. The van der Waals surface area contributed by atoms with Crippen LogP contribution in [0.5, 0.6) is 0 Å². The van der Waals surface area contributed by atoms with Gasteiger partial charge in [0, 0.05) is 17.6 Å². The fourth-order valence-corrected chi connectivity index (χ4v) is 3.14. The van der Waals surface area contributed by atoms with Crippen LogP contribution in [0.25, 0.3) is 11.5 Å². The maximum Gasteiger partial charge on any atom is 0.291 e. The van der Waals surface area contributed by atoms with Crippen LogP contribution >= 0.6 is 0 Å². The molecule has 2 N–H and O–H groups in total. The van der Waals surface area contributed by atoms with Gasteiger partial charge in [-0.2, -0.15) is 4.98 Å². The molecule has 4 rings (SSSR count). The van der Waals surface area contributed by atoms with Crippen LogP contribution < -0.4 is 10.6 Å². The predicted molar refractivity (Wildman–Crippen MR) is 123 cm³/mol. The van der Waals surface area contributed by atoms with E-state index in [0.29, 0.717) is 28.5 Å². The molecule has 0 bridgehead atoms. The number of nitrogens with one attached hydrogen (secondary N) is 2. The molecule has 0 saturated heterocycles. The summed E-state index contributed by atoms with van der Waals surface area (Å²) >= 11 is 0. The molecule has 0 aliphatic rings. The fourth-order valence-electron chi connectivity index (χ4n) is 3.14. The third-order valence-corrected chi connectivity index (χ3v) is 4.88. The SMILES string of the molecule is CC(C)(C)c1noc(-c2ccccc2C(=O)NCc2cccc(NC(=O)c3ccco3)c2)n1. The topological polar surface area (TPSA) is 110 Å². The van der Waals surface area contributed by atoms with Crippen molar-refractivity contribution < 1.29 is 18.5 Å². The summed E-state index contributed by atoms with van der Waals surface area (Å²) in [5.41, 5.74) is 2.16. The first-order chi connectivity index (χ1) is 15.8. The lowest BCUT2D eigenvalue weighted by Gasteiger charge is -2.11. The van der Waals surface area contributed by atoms with E-state index in [1.165, 1.54) is 6.26 Å². The van der Waals surface area contributed by atoms with Crippen molar-refractivity contribution in [3.63, 3.8) is 0 Å². The summed E-state index contributed by atoms with van der Waals surface area (Å²) in [6.45, 7) is 6.25. The Hall–Kier alpha value is -4.20. The summed E-state index contributed by atoms with van der Waals surface area (Å²) in [6, 6.07) is 17.6. The number of carbonyl (C=O) groups is 2. The lowest BCUT2D eigenvalue weighted by molar-refractivity contribution is 0.0949. The summed E-state index contributed by atoms with van der Waals surface area (Å²) in [6.07, 6.45) is 1.44. The van der Waals surface area contributed by atoms with Gasteiger partial charge in [0.1, 0.15) is 0 Å². The van der Waals surface area contributed by atoms with Gasteiger partial charge >= 0.3 is 0 Å². The van der Waals surface area contributed by atoms with Gasteiger partial charge in [-0.05, 0) is 42.0 Å². The van der Waals surface area contributed by atoms with Gasteiger partial charge in [0.25, 0.3) is 17.7 Å². The van der Waals surface area contributed by atoms with Gasteiger partial charge in [-0.25, -0.2) is 0 Å². The number of rotatable bonds is 6.